The van der Waals surface area contributed by atoms with Crippen molar-refractivity contribution in [3.05, 3.63) is 39.5 Å². The van der Waals surface area contributed by atoms with Crippen LogP contribution in [0.2, 0.25) is 5.02 Å². The number of nitro benzene ring substituents is 1. The molecule has 0 radical (unpaired) electrons. The van der Waals surface area contributed by atoms with Crippen LogP contribution in [0.4, 0.5) is 5.69 Å². The summed E-state index contributed by atoms with van der Waals surface area (Å²) in [4.78, 5) is 14.8. The molecule has 2 heterocycles. The average molecular weight is 282 g/mol. The normalized spacial score (nSPS) is 13.6. The predicted molar refractivity (Wildman–Crippen MR) is 70.1 cm³/mol. The smallest absolute Gasteiger partial charge is 0.288 e. The maximum Gasteiger partial charge on any atom is 0.288 e. The van der Waals surface area contributed by atoms with Gasteiger partial charge in [-0.2, -0.15) is 0 Å². The number of aryl methyl sites for hydroxylation is 1. The van der Waals surface area contributed by atoms with Crippen molar-refractivity contribution in [1.82, 2.24) is 9.55 Å². The Morgan fingerprint density at radius 2 is 2.33 bits per heavy atom. The third-order valence-electron chi connectivity index (χ3n) is 2.75. The van der Waals surface area contributed by atoms with Crippen LogP contribution in [0, 0.1) is 10.1 Å². The van der Waals surface area contributed by atoms with Crippen LogP contribution in [-0.2, 0) is 6.54 Å². The van der Waals surface area contributed by atoms with Gasteiger partial charge in [0.05, 0.1) is 10.6 Å². The Balaban J connectivity index is 2.11. The number of rotatable bonds is 2. The first-order valence-electron chi connectivity index (χ1n) is 5.30. The summed E-state index contributed by atoms with van der Waals surface area (Å²) in [6.45, 7) is 0.916. The molecule has 0 amide bonds. The fourth-order valence-corrected chi connectivity index (χ4v) is 3.13. The first kappa shape index (κ1) is 11.6. The Hall–Kier alpha value is -1.53. The summed E-state index contributed by atoms with van der Waals surface area (Å²) >= 11 is 7.74. The molecule has 0 unspecified atom stereocenters. The van der Waals surface area contributed by atoms with Crippen LogP contribution in [0.5, 0.6) is 0 Å². The van der Waals surface area contributed by atoms with Gasteiger partial charge in [0.25, 0.3) is 5.69 Å². The number of aromatic nitrogens is 2. The minimum Gasteiger partial charge on any atom is -0.325 e. The van der Waals surface area contributed by atoms with Crippen molar-refractivity contribution in [2.45, 2.75) is 11.7 Å². The lowest BCUT2D eigenvalue weighted by molar-refractivity contribution is -0.384. The molecule has 0 bridgehead atoms. The minimum absolute atomic E-state index is 0.0880. The highest BCUT2D eigenvalue weighted by Crippen LogP contribution is 2.36. The van der Waals surface area contributed by atoms with Crippen LogP contribution in [0.3, 0.4) is 0 Å². The van der Waals surface area contributed by atoms with E-state index in [2.05, 4.69) is 4.98 Å². The summed E-state index contributed by atoms with van der Waals surface area (Å²) in [6, 6.07) is 4.76. The van der Waals surface area contributed by atoms with E-state index in [4.69, 9.17) is 11.6 Å². The van der Waals surface area contributed by atoms with Crippen LogP contribution >= 0.6 is 23.4 Å². The van der Waals surface area contributed by atoms with Crippen molar-refractivity contribution >= 4 is 29.1 Å². The Morgan fingerprint density at radius 3 is 3.06 bits per heavy atom. The van der Waals surface area contributed by atoms with E-state index < -0.39 is 4.92 Å². The number of imidazole rings is 1. The molecule has 3 rings (SSSR count). The molecule has 1 aliphatic heterocycles. The number of hydrogen-bond acceptors (Lipinski definition) is 4. The van der Waals surface area contributed by atoms with Crippen LogP contribution in [0.25, 0.3) is 11.3 Å². The molecule has 1 aromatic carbocycles. The third kappa shape index (κ3) is 1.77. The van der Waals surface area contributed by atoms with Crippen molar-refractivity contribution in [3.63, 3.8) is 0 Å². The summed E-state index contributed by atoms with van der Waals surface area (Å²) < 4.78 is 2.04. The summed E-state index contributed by atoms with van der Waals surface area (Å²) in [5.41, 5.74) is 1.20. The number of nitro groups is 1. The summed E-state index contributed by atoms with van der Waals surface area (Å²) in [5, 5.41) is 11.9. The van der Waals surface area contributed by atoms with Gasteiger partial charge in [-0.3, -0.25) is 10.1 Å². The van der Waals surface area contributed by atoms with E-state index in [-0.39, 0.29) is 10.7 Å². The quantitative estimate of drug-likeness (QED) is 0.626. The second-order valence-corrected chi connectivity index (χ2v) is 5.29. The maximum absolute atomic E-state index is 10.8. The van der Waals surface area contributed by atoms with Crippen molar-refractivity contribution in [1.29, 1.82) is 0 Å². The monoisotopic (exact) mass is 281 g/mol. The first-order chi connectivity index (χ1) is 8.66. The molecule has 18 heavy (non-hydrogen) atoms. The van der Waals surface area contributed by atoms with Gasteiger partial charge in [-0.1, -0.05) is 35.5 Å². The maximum atomic E-state index is 10.8. The molecule has 0 spiro atoms. The number of benzene rings is 1. The van der Waals surface area contributed by atoms with Gasteiger partial charge in [-0.05, 0) is 0 Å². The lowest BCUT2D eigenvalue weighted by atomic mass is 10.1. The summed E-state index contributed by atoms with van der Waals surface area (Å²) in [7, 11) is 0. The van der Waals surface area contributed by atoms with Crippen molar-refractivity contribution < 1.29 is 4.92 Å². The molecule has 1 aliphatic rings. The predicted octanol–water partition coefficient (Wildman–Crippen LogP) is 3.22. The molecular formula is C11H8ClN3O2S. The van der Waals surface area contributed by atoms with Gasteiger partial charge < -0.3 is 4.57 Å². The van der Waals surface area contributed by atoms with Gasteiger partial charge in [0.15, 0.2) is 5.16 Å². The topological polar surface area (TPSA) is 61.0 Å². The number of nitrogens with zero attached hydrogens (tertiary/aromatic N) is 3. The second-order valence-electron chi connectivity index (χ2n) is 3.85. The van der Waals surface area contributed by atoms with Crippen molar-refractivity contribution in [2.75, 3.05) is 5.75 Å². The fourth-order valence-electron chi connectivity index (χ4n) is 1.90. The highest BCUT2D eigenvalue weighted by molar-refractivity contribution is 7.99. The van der Waals surface area contributed by atoms with E-state index in [1.54, 1.807) is 23.9 Å². The largest absolute Gasteiger partial charge is 0.325 e. The fraction of sp³-hybridized carbons (Fsp3) is 0.182. The lowest BCUT2D eigenvalue weighted by Gasteiger charge is -2.01. The van der Waals surface area contributed by atoms with Gasteiger partial charge >= 0.3 is 0 Å². The van der Waals surface area contributed by atoms with Gasteiger partial charge in [-0.15, -0.1) is 0 Å². The number of hydrogen-bond donors (Lipinski definition) is 0. The Kier molecular flexibility index (Phi) is 2.76. The van der Waals surface area contributed by atoms with Crippen LogP contribution in [0.15, 0.2) is 29.6 Å². The van der Waals surface area contributed by atoms with E-state index in [0.29, 0.717) is 11.3 Å². The Morgan fingerprint density at radius 1 is 1.50 bits per heavy atom. The number of fused-ring (bicyclic) bond motifs is 1. The van der Waals surface area contributed by atoms with Gasteiger partial charge in [-0.25, -0.2) is 4.98 Å². The van der Waals surface area contributed by atoms with Gasteiger partial charge in [0, 0.05) is 30.1 Å². The Bertz CT molecular complexity index is 620. The van der Waals surface area contributed by atoms with E-state index >= 15 is 0 Å². The van der Waals surface area contributed by atoms with Crippen LogP contribution < -0.4 is 0 Å². The average Bonchev–Trinajstić information content (AvgIpc) is 2.89. The van der Waals surface area contributed by atoms with Gasteiger partial charge in [0.2, 0.25) is 0 Å². The molecule has 0 aliphatic carbocycles. The van der Waals surface area contributed by atoms with E-state index in [0.717, 1.165) is 17.5 Å². The molecule has 0 saturated carbocycles. The summed E-state index contributed by atoms with van der Waals surface area (Å²) in [6.07, 6.45) is 1.89. The van der Waals surface area contributed by atoms with Crippen molar-refractivity contribution in [2.24, 2.45) is 0 Å². The van der Waals surface area contributed by atoms with Crippen LogP contribution in [-0.4, -0.2) is 20.2 Å². The standard InChI is InChI=1S/C11H8ClN3O2S/c12-10-7(2-1-3-9(10)15(16)17)8-6-14-4-5-18-11(14)13-8/h1-3,6H,4-5H2. The van der Waals surface area contributed by atoms with Gasteiger partial charge in [0.1, 0.15) is 5.02 Å². The zero-order chi connectivity index (χ0) is 12.7. The third-order valence-corrected chi connectivity index (χ3v) is 4.12. The molecule has 0 N–H and O–H groups in total. The first-order valence-corrected chi connectivity index (χ1v) is 6.66. The molecule has 0 fully saturated rings. The molecule has 0 atom stereocenters. The molecular weight excluding hydrogens is 274 g/mol. The molecule has 0 saturated heterocycles. The second kappa shape index (κ2) is 4.29. The molecule has 7 heteroatoms. The minimum atomic E-state index is -0.482. The zero-order valence-electron chi connectivity index (χ0n) is 9.17. The highest BCUT2D eigenvalue weighted by atomic mass is 35.5. The Labute approximate surface area is 112 Å². The zero-order valence-corrected chi connectivity index (χ0v) is 10.7. The molecule has 5 nitrogen and oxygen atoms in total. The van der Waals surface area contributed by atoms with E-state index in [1.807, 2.05) is 10.8 Å². The number of halogens is 1. The van der Waals surface area contributed by atoms with Crippen molar-refractivity contribution in [3.8, 4) is 11.3 Å². The lowest BCUT2D eigenvalue weighted by Crippen LogP contribution is -1.91. The van der Waals surface area contributed by atoms with Crippen LogP contribution in [0.1, 0.15) is 0 Å². The molecule has 1 aromatic heterocycles. The number of thioether (sulfide) groups is 1. The van der Waals surface area contributed by atoms with E-state index in [9.17, 15) is 10.1 Å². The summed E-state index contributed by atoms with van der Waals surface area (Å²) in [5.74, 6) is 1.02. The van der Waals surface area contributed by atoms with E-state index in [1.165, 1.54) is 6.07 Å². The SMILES string of the molecule is O=[N+]([O-])c1cccc(-c2cn3c(n2)SCC3)c1Cl. The molecule has 2 aromatic rings. The molecule has 92 valence electrons. The highest BCUT2D eigenvalue weighted by Gasteiger charge is 2.20.